The van der Waals surface area contributed by atoms with Gasteiger partial charge in [0.05, 0.1) is 0 Å². The van der Waals surface area contributed by atoms with Crippen LogP contribution in [0.15, 0.2) is 0 Å². The minimum Gasteiger partial charge on any atom is -0.328 e. The van der Waals surface area contributed by atoms with Gasteiger partial charge < -0.3 is 10.6 Å². The van der Waals surface area contributed by atoms with Crippen molar-refractivity contribution in [3.8, 4) is 0 Å². The van der Waals surface area contributed by atoms with Gasteiger partial charge in [-0.05, 0) is 46.3 Å². The van der Waals surface area contributed by atoms with Gasteiger partial charge in [0.25, 0.3) is 0 Å². The van der Waals surface area contributed by atoms with Crippen molar-refractivity contribution in [2.24, 2.45) is 11.7 Å². The summed E-state index contributed by atoms with van der Waals surface area (Å²) in [5.74, 6) is 0.761. The fraction of sp³-hybridized carbons (Fsp3) is 1.00. The smallest absolute Gasteiger partial charge is 0.00130 e. The van der Waals surface area contributed by atoms with E-state index in [0.29, 0.717) is 6.04 Å². The van der Waals surface area contributed by atoms with Gasteiger partial charge in [0.1, 0.15) is 0 Å². The second kappa shape index (κ2) is 5.56. The molecule has 0 aromatic rings. The van der Waals surface area contributed by atoms with Crippen LogP contribution in [-0.4, -0.2) is 31.6 Å². The van der Waals surface area contributed by atoms with Crippen LogP contribution in [0, 0.1) is 5.92 Å². The van der Waals surface area contributed by atoms with E-state index in [2.05, 4.69) is 32.8 Å². The highest BCUT2D eigenvalue weighted by Gasteiger charge is 2.04. The summed E-state index contributed by atoms with van der Waals surface area (Å²) >= 11 is 0. The maximum absolute atomic E-state index is 5.69. The first-order valence-electron chi connectivity index (χ1n) is 4.42. The largest absolute Gasteiger partial charge is 0.328 e. The average molecular weight is 158 g/mol. The van der Waals surface area contributed by atoms with E-state index in [1.54, 1.807) is 0 Å². The van der Waals surface area contributed by atoms with E-state index in [0.717, 1.165) is 12.3 Å². The van der Waals surface area contributed by atoms with Crippen molar-refractivity contribution < 1.29 is 0 Å². The minimum absolute atomic E-state index is 0.354. The molecule has 0 aliphatic rings. The molecule has 11 heavy (non-hydrogen) atoms. The summed E-state index contributed by atoms with van der Waals surface area (Å²) in [6.07, 6.45) is 2.41. The van der Waals surface area contributed by atoms with Gasteiger partial charge in [0, 0.05) is 6.04 Å². The second-order valence-corrected chi connectivity index (χ2v) is 3.91. The van der Waals surface area contributed by atoms with Crippen LogP contribution in [0.25, 0.3) is 0 Å². The first kappa shape index (κ1) is 10.9. The molecule has 2 heteroatoms. The Balaban J connectivity index is 3.29. The van der Waals surface area contributed by atoms with E-state index < -0.39 is 0 Å². The first-order chi connectivity index (χ1) is 5.02. The van der Waals surface area contributed by atoms with E-state index in [-0.39, 0.29) is 0 Å². The molecule has 0 rings (SSSR count). The quantitative estimate of drug-likeness (QED) is 0.653. The van der Waals surface area contributed by atoms with Gasteiger partial charge in [0.2, 0.25) is 0 Å². The number of nitrogens with two attached hydrogens (primary N) is 1. The summed E-state index contributed by atoms with van der Waals surface area (Å²) in [5, 5.41) is 0. The fourth-order valence-electron chi connectivity index (χ4n) is 1.23. The van der Waals surface area contributed by atoms with Crippen molar-refractivity contribution in [3.63, 3.8) is 0 Å². The molecular weight excluding hydrogens is 136 g/mol. The minimum atomic E-state index is 0.354. The number of hydrogen-bond acceptors (Lipinski definition) is 2. The molecule has 0 spiro atoms. The molecule has 0 radical (unpaired) electrons. The van der Waals surface area contributed by atoms with Crippen molar-refractivity contribution in [3.05, 3.63) is 0 Å². The number of nitrogens with zero attached hydrogens (tertiary/aromatic N) is 1. The Hall–Kier alpha value is -0.0800. The van der Waals surface area contributed by atoms with E-state index in [1.807, 2.05) is 0 Å². The van der Waals surface area contributed by atoms with Crippen LogP contribution in [0.4, 0.5) is 0 Å². The SMILES string of the molecule is CC(N)CC(C)CCN(C)C. The Labute approximate surface area is 70.8 Å². The lowest BCUT2D eigenvalue weighted by molar-refractivity contribution is 0.343. The summed E-state index contributed by atoms with van der Waals surface area (Å²) in [6.45, 7) is 5.52. The summed E-state index contributed by atoms with van der Waals surface area (Å²) in [7, 11) is 4.22. The Morgan fingerprint density at radius 1 is 1.27 bits per heavy atom. The Morgan fingerprint density at radius 2 is 1.82 bits per heavy atom. The monoisotopic (exact) mass is 158 g/mol. The van der Waals surface area contributed by atoms with E-state index in [1.165, 1.54) is 13.0 Å². The Kier molecular flexibility index (Phi) is 5.51. The van der Waals surface area contributed by atoms with Gasteiger partial charge in [-0.1, -0.05) is 6.92 Å². The fourth-order valence-corrected chi connectivity index (χ4v) is 1.23. The summed E-state index contributed by atoms with van der Waals surface area (Å²) < 4.78 is 0. The zero-order valence-corrected chi connectivity index (χ0v) is 8.30. The second-order valence-electron chi connectivity index (χ2n) is 3.91. The summed E-state index contributed by atoms with van der Waals surface area (Å²) in [4.78, 5) is 2.22. The van der Waals surface area contributed by atoms with Crippen molar-refractivity contribution in [2.75, 3.05) is 20.6 Å². The van der Waals surface area contributed by atoms with Crippen LogP contribution in [0.2, 0.25) is 0 Å². The van der Waals surface area contributed by atoms with E-state index in [4.69, 9.17) is 5.73 Å². The molecule has 0 amide bonds. The van der Waals surface area contributed by atoms with E-state index >= 15 is 0 Å². The lowest BCUT2D eigenvalue weighted by Crippen LogP contribution is -2.21. The zero-order valence-electron chi connectivity index (χ0n) is 8.30. The van der Waals surface area contributed by atoms with Gasteiger partial charge in [-0.15, -0.1) is 0 Å². The standard InChI is InChI=1S/C9H22N2/c1-8(7-9(2)10)5-6-11(3)4/h8-9H,5-7,10H2,1-4H3. The van der Waals surface area contributed by atoms with Gasteiger partial charge >= 0.3 is 0 Å². The molecule has 2 atom stereocenters. The molecule has 0 saturated carbocycles. The molecule has 2 unspecified atom stereocenters. The van der Waals surface area contributed by atoms with Crippen molar-refractivity contribution in [2.45, 2.75) is 32.7 Å². The lowest BCUT2D eigenvalue weighted by Gasteiger charge is -2.16. The predicted molar refractivity (Wildman–Crippen MR) is 50.6 cm³/mol. The van der Waals surface area contributed by atoms with Crippen molar-refractivity contribution in [1.82, 2.24) is 4.90 Å². The number of rotatable bonds is 5. The van der Waals surface area contributed by atoms with Crippen molar-refractivity contribution >= 4 is 0 Å². The first-order valence-corrected chi connectivity index (χ1v) is 4.42. The Bertz CT molecular complexity index is 89.6. The highest BCUT2D eigenvalue weighted by Crippen LogP contribution is 2.08. The molecule has 0 aromatic carbocycles. The summed E-state index contributed by atoms with van der Waals surface area (Å²) in [5.41, 5.74) is 5.69. The molecule has 0 heterocycles. The van der Waals surface area contributed by atoms with Gasteiger partial charge in [-0.3, -0.25) is 0 Å². The third kappa shape index (κ3) is 7.82. The van der Waals surface area contributed by atoms with Crippen LogP contribution in [-0.2, 0) is 0 Å². The zero-order chi connectivity index (χ0) is 8.85. The molecule has 0 fully saturated rings. The average Bonchev–Trinajstić information content (AvgIpc) is 1.82. The molecule has 0 aliphatic carbocycles. The van der Waals surface area contributed by atoms with Gasteiger partial charge in [0.15, 0.2) is 0 Å². The lowest BCUT2D eigenvalue weighted by atomic mass is 10.00. The maximum atomic E-state index is 5.69. The molecular formula is C9H22N2. The molecule has 0 saturated heterocycles. The van der Waals surface area contributed by atoms with Gasteiger partial charge in [-0.25, -0.2) is 0 Å². The Morgan fingerprint density at radius 3 is 2.18 bits per heavy atom. The van der Waals surface area contributed by atoms with Crippen LogP contribution < -0.4 is 5.73 Å². The molecule has 0 aromatic heterocycles. The normalized spacial score (nSPS) is 16.9. The van der Waals surface area contributed by atoms with Gasteiger partial charge in [-0.2, -0.15) is 0 Å². The summed E-state index contributed by atoms with van der Waals surface area (Å²) in [6, 6.07) is 0.354. The van der Waals surface area contributed by atoms with Crippen LogP contribution >= 0.6 is 0 Å². The van der Waals surface area contributed by atoms with E-state index in [9.17, 15) is 0 Å². The topological polar surface area (TPSA) is 29.3 Å². The van der Waals surface area contributed by atoms with Crippen LogP contribution in [0.3, 0.4) is 0 Å². The highest BCUT2D eigenvalue weighted by atomic mass is 15.0. The molecule has 0 aliphatic heterocycles. The highest BCUT2D eigenvalue weighted by molar-refractivity contribution is 4.61. The molecule has 2 N–H and O–H groups in total. The van der Waals surface area contributed by atoms with Crippen molar-refractivity contribution in [1.29, 1.82) is 0 Å². The molecule has 0 bridgehead atoms. The van der Waals surface area contributed by atoms with Crippen LogP contribution in [0.1, 0.15) is 26.7 Å². The maximum Gasteiger partial charge on any atom is 0.00130 e. The number of hydrogen-bond donors (Lipinski definition) is 1. The third-order valence-corrected chi connectivity index (χ3v) is 1.84. The predicted octanol–water partition coefficient (Wildman–Crippen LogP) is 1.31. The molecule has 68 valence electrons. The van der Waals surface area contributed by atoms with Crippen LogP contribution in [0.5, 0.6) is 0 Å². The molecule has 2 nitrogen and oxygen atoms in total. The third-order valence-electron chi connectivity index (χ3n) is 1.84.